The van der Waals surface area contributed by atoms with Gasteiger partial charge in [-0.1, -0.05) is 70.4 Å². The number of hydrogen-bond acceptors (Lipinski definition) is 1. The molecule has 0 aromatic carbocycles. The third-order valence-corrected chi connectivity index (χ3v) is 7.77. The van der Waals surface area contributed by atoms with Crippen LogP contribution in [0.2, 0.25) is 5.15 Å². The molecular formula is C16H27ClI2N2. The molecule has 5 heteroatoms. The number of unbranched alkanes of at least 4 members (excludes halogenated alkanes) is 5. The Morgan fingerprint density at radius 3 is 2.10 bits per heavy atom. The van der Waals surface area contributed by atoms with Crippen molar-refractivity contribution in [2.45, 2.75) is 84.1 Å². The van der Waals surface area contributed by atoms with Gasteiger partial charge in [-0.3, -0.25) is 4.68 Å². The largest absolute Gasteiger partial charge is 0.251 e. The Bertz CT molecular complexity index is 434. The van der Waals surface area contributed by atoms with Crippen LogP contribution in [-0.4, -0.2) is 9.78 Å². The SMILES string of the molecule is CCCCCCCC(C)(CCCC)n1nc(Cl)c(I)c1I. The molecule has 1 aromatic rings. The normalized spacial score (nSPS) is 14.4. The van der Waals surface area contributed by atoms with E-state index in [-0.39, 0.29) is 5.54 Å². The van der Waals surface area contributed by atoms with Crippen molar-refractivity contribution in [3.8, 4) is 0 Å². The molecule has 1 heterocycles. The van der Waals surface area contributed by atoms with Crippen LogP contribution in [0.5, 0.6) is 0 Å². The summed E-state index contributed by atoms with van der Waals surface area (Å²) in [5.74, 6) is 0. The molecule has 0 aliphatic rings. The summed E-state index contributed by atoms with van der Waals surface area (Å²) in [6.45, 7) is 6.87. The van der Waals surface area contributed by atoms with Gasteiger partial charge in [-0.05, 0) is 64.9 Å². The van der Waals surface area contributed by atoms with Gasteiger partial charge in [0, 0.05) is 0 Å². The van der Waals surface area contributed by atoms with Crippen LogP contribution in [0.4, 0.5) is 0 Å². The van der Waals surface area contributed by atoms with Gasteiger partial charge in [-0.15, -0.1) is 0 Å². The molecule has 0 saturated carbocycles. The van der Waals surface area contributed by atoms with Crippen molar-refractivity contribution >= 4 is 56.8 Å². The lowest BCUT2D eigenvalue weighted by atomic mass is 9.89. The summed E-state index contributed by atoms with van der Waals surface area (Å²) < 4.78 is 4.46. The topological polar surface area (TPSA) is 17.8 Å². The van der Waals surface area contributed by atoms with Gasteiger partial charge in [-0.2, -0.15) is 5.10 Å². The number of halogens is 3. The quantitative estimate of drug-likeness (QED) is 0.232. The van der Waals surface area contributed by atoms with Crippen molar-refractivity contribution in [2.24, 2.45) is 0 Å². The molecule has 0 spiro atoms. The van der Waals surface area contributed by atoms with E-state index in [0.29, 0.717) is 5.15 Å². The van der Waals surface area contributed by atoms with Crippen molar-refractivity contribution < 1.29 is 0 Å². The average Bonchev–Trinajstić information content (AvgIpc) is 2.73. The van der Waals surface area contributed by atoms with Gasteiger partial charge in [0.2, 0.25) is 0 Å². The molecule has 0 fully saturated rings. The van der Waals surface area contributed by atoms with Crippen LogP contribution in [0.25, 0.3) is 0 Å². The highest BCUT2D eigenvalue weighted by Crippen LogP contribution is 2.34. The molecule has 0 aliphatic heterocycles. The first kappa shape index (κ1) is 20.0. The van der Waals surface area contributed by atoms with E-state index < -0.39 is 0 Å². The highest BCUT2D eigenvalue weighted by atomic mass is 127. The maximum Gasteiger partial charge on any atom is 0.165 e. The maximum absolute atomic E-state index is 6.23. The third-order valence-electron chi connectivity index (χ3n) is 4.14. The fraction of sp³-hybridized carbons (Fsp3) is 0.812. The molecule has 0 aliphatic carbocycles. The predicted molar refractivity (Wildman–Crippen MR) is 109 cm³/mol. The van der Waals surface area contributed by atoms with Crippen LogP contribution in [0.1, 0.15) is 78.6 Å². The van der Waals surface area contributed by atoms with E-state index in [1.807, 2.05) is 0 Å². The standard InChI is InChI=1S/C16H27ClI2N2/c1-4-6-8-9-10-12-16(3,11-7-5-2)21-15(19)13(18)14(17)20-21/h4-12H2,1-3H3. The van der Waals surface area contributed by atoms with Gasteiger partial charge >= 0.3 is 0 Å². The highest BCUT2D eigenvalue weighted by Gasteiger charge is 2.30. The number of rotatable bonds is 10. The van der Waals surface area contributed by atoms with E-state index in [0.717, 1.165) is 3.57 Å². The van der Waals surface area contributed by atoms with Crippen molar-refractivity contribution in [1.82, 2.24) is 9.78 Å². The summed E-state index contributed by atoms with van der Waals surface area (Å²) in [5.41, 5.74) is 0.103. The van der Waals surface area contributed by atoms with E-state index >= 15 is 0 Å². The Hall–Kier alpha value is 0.960. The minimum Gasteiger partial charge on any atom is -0.251 e. The monoisotopic (exact) mass is 536 g/mol. The number of nitrogens with zero attached hydrogens (tertiary/aromatic N) is 2. The Morgan fingerprint density at radius 1 is 1.00 bits per heavy atom. The Labute approximate surface area is 162 Å². The first-order valence-corrected chi connectivity index (χ1v) is 10.6. The van der Waals surface area contributed by atoms with Crippen molar-refractivity contribution in [3.63, 3.8) is 0 Å². The van der Waals surface area contributed by atoms with Crippen LogP contribution in [0.3, 0.4) is 0 Å². The van der Waals surface area contributed by atoms with Gasteiger partial charge in [0.1, 0.15) is 3.70 Å². The van der Waals surface area contributed by atoms with Crippen LogP contribution >= 0.6 is 56.8 Å². The van der Waals surface area contributed by atoms with E-state index in [9.17, 15) is 0 Å². The Morgan fingerprint density at radius 2 is 1.57 bits per heavy atom. The molecule has 0 N–H and O–H groups in total. The zero-order valence-electron chi connectivity index (χ0n) is 13.4. The lowest BCUT2D eigenvalue weighted by Gasteiger charge is -2.31. The van der Waals surface area contributed by atoms with Gasteiger partial charge in [0.25, 0.3) is 0 Å². The summed E-state index contributed by atoms with van der Waals surface area (Å²) in [4.78, 5) is 0. The molecule has 2 nitrogen and oxygen atoms in total. The van der Waals surface area contributed by atoms with Crippen LogP contribution < -0.4 is 0 Å². The minimum absolute atomic E-state index is 0.103. The predicted octanol–water partition coefficient (Wildman–Crippen LogP) is 7.01. The summed E-state index contributed by atoms with van der Waals surface area (Å²) in [6.07, 6.45) is 11.5. The first-order valence-electron chi connectivity index (χ1n) is 8.06. The number of aromatic nitrogens is 2. The second kappa shape index (κ2) is 9.96. The van der Waals surface area contributed by atoms with Crippen molar-refractivity contribution in [3.05, 3.63) is 12.4 Å². The third kappa shape index (κ3) is 5.83. The fourth-order valence-electron chi connectivity index (χ4n) is 2.72. The molecule has 0 bridgehead atoms. The van der Waals surface area contributed by atoms with E-state index in [2.05, 4.69) is 75.7 Å². The second-order valence-corrected chi connectivity index (χ2v) is 8.53. The van der Waals surface area contributed by atoms with Crippen LogP contribution in [0.15, 0.2) is 0 Å². The van der Waals surface area contributed by atoms with E-state index in [1.165, 1.54) is 61.5 Å². The molecule has 0 saturated heterocycles. The molecule has 1 aromatic heterocycles. The van der Waals surface area contributed by atoms with Crippen LogP contribution in [0, 0.1) is 7.27 Å². The molecule has 0 amide bonds. The Balaban J connectivity index is 2.79. The summed E-state index contributed by atoms with van der Waals surface area (Å²) in [7, 11) is 0. The fourth-order valence-corrected chi connectivity index (χ4v) is 4.32. The van der Waals surface area contributed by atoms with E-state index in [4.69, 9.17) is 11.6 Å². The molecule has 1 unspecified atom stereocenters. The smallest absolute Gasteiger partial charge is 0.165 e. The van der Waals surface area contributed by atoms with Crippen LogP contribution in [-0.2, 0) is 5.54 Å². The molecule has 122 valence electrons. The lowest BCUT2D eigenvalue weighted by molar-refractivity contribution is 0.224. The Kier molecular flexibility index (Phi) is 9.49. The summed E-state index contributed by atoms with van der Waals surface area (Å²) >= 11 is 10.9. The van der Waals surface area contributed by atoms with Gasteiger partial charge in [0.05, 0.1) is 9.11 Å². The van der Waals surface area contributed by atoms with Crippen molar-refractivity contribution in [1.29, 1.82) is 0 Å². The highest BCUT2D eigenvalue weighted by molar-refractivity contribution is 14.1. The molecule has 1 atom stereocenters. The summed E-state index contributed by atoms with van der Waals surface area (Å²) in [5, 5.41) is 5.26. The molecule has 1 rings (SSSR count). The second-order valence-electron chi connectivity index (χ2n) is 6.07. The maximum atomic E-state index is 6.23. The zero-order chi connectivity index (χ0) is 15.9. The van der Waals surface area contributed by atoms with Gasteiger partial charge < -0.3 is 0 Å². The van der Waals surface area contributed by atoms with Gasteiger partial charge in [-0.25, -0.2) is 0 Å². The molecule has 21 heavy (non-hydrogen) atoms. The number of hydrogen-bond donors (Lipinski definition) is 0. The van der Waals surface area contributed by atoms with Gasteiger partial charge in [0.15, 0.2) is 5.15 Å². The minimum atomic E-state index is 0.103. The molecular weight excluding hydrogens is 509 g/mol. The lowest BCUT2D eigenvalue weighted by Crippen LogP contribution is -2.32. The first-order chi connectivity index (χ1) is 9.96. The van der Waals surface area contributed by atoms with E-state index in [1.54, 1.807) is 0 Å². The average molecular weight is 537 g/mol. The summed E-state index contributed by atoms with van der Waals surface area (Å²) in [6, 6.07) is 0. The van der Waals surface area contributed by atoms with Crippen molar-refractivity contribution in [2.75, 3.05) is 0 Å². The zero-order valence-corrected chi connectivity index (χ0v) is 18.5. The molecule has 0 radical (unpaired) electrons.